The van der Waals surface area contributed by atoms with Gasteiger partial charge in [-0.15, -0.1) is 0 Å². The molecule has 1 heterocycles. The molecule has 3 N–H and O–H groups in total. The molecule has 1 amide bonds. The van der Waals surface area contributed by atoms with Crippen LogP contribution in [0.3, 0.4) is 0 Å². The third-order valence-corrected chi connectivity index (χ3v) is 4.86. The Hall–Kier alpha value is -2.35. The Labute approximate surface area is 162 Å². The molecule has 1 fully saturated rings. The molecule has 2 aromatic carbocycles. The third kappa shape index (κ3) is 4.50. The zero-order valence-electron chi connectivity index (χ0n) is 15.0. The molecule has 3 rings (SSSR count). The van der Waals surface area contributed by atoms with E-state index in [2.05, 4.69) is 16.2 Å². The van der Waals surface area contributed by atoms with Crippen molar-refractivity contribution in [1.82, 2.24) is 16.2 Å². The first kappa shape index (κ1) is 19.4. The van der Waals surface area contributed by atoms with Gasteiger partial charge in [0.2, 0.25) is 5.91 Å². The predicted octanol–water partition coefficient (Wildman–Crippen LogP) is 2.72. The van der Waals surface area contributed by atoms with Crippen molar-refractivity contribution in [2.45, 2.75) is 25.0 Å². The van der Waals surface area contributed by atoms with E-state index in [1.165, 1.54) is 12.1 Å². The number of amides is 1. The van der Waals surface area contributed by atoms with Crippen LogP contribution in [-0.4, -0.2) is 26.2 Å². The Kier molecular flexibility index (Phi) is 6.15. The van der Waals surface area contributed by atoms with Crippen LogP contribution >= 0.6 is 11.6 Å². The molecular formula is C19H21ClFN3O3. The van der Waals surface area contributed by atoms with E-state index in [0.717, 1.165) is 5.56 Å². The summed E-state index contributed by atoms with van der Waals surface area (Å²) in [7, 11) is 3.19. The van der Waals surface area contributed by atoms with Gasteiger partial charge < -0.3 is 14.8 Å². The maximum atomic E-state index is 13.1. The fourth-order valence-corrected chi connectivity index (χ4v) is 3.24. The maximum Gasteiger partial charge on any atom is 0.238 e. The molecule has 0 radical (unpaired) electrons. The number of halogens is 2. The molecule has 1 aliphatic rings. The van der Waals surface area contributed by atoms with E-state index in [1.54, 1.807) is 26.4 Å². The molecule has 0 bridgehead atoms. The first-order valence-electron chi connectivity index (χ1n) is 8.46. The summed E-state index contributed by atoms with van der Waals surface area (Å²) in [5, 5.41) is 3.11. The summed E-state index contributed by atoms with van der Waals surface area (Å²) >= 11 is 5.99. The van der Waals surface area contributed by atoms with E-state index >= 15 is 0 Å². The average molecular weight is 394 g/mol. The van der Waals surface area contributed by atoms with Gasteiger partial charge in [0.15, 0.2) is 0 Å². The van der Waals surface area contributed by atoms with Crippen LogP contribution in [0.4, 0.5) is 4.39 Å². The lowest BCUT2D eigenvalue weighted by atomic mass is 10.0. The van der Waals surface area contributed by atoms with Crippen molar-refractivity contribution in [3.05, 3.63) is 58.4 Å². The number of nitrogens with one attached hydrogen (secondary N) is 3. The minimum atomic E-state index is -0.416. The number of hydrogen-bond acceptors (Lipinski definition) is 5. The maximum absolute atomic E-state index is 13.1. The zero-order valence-corrected chi connectivity index (χ0v) is 15.8. The molecular weight excluding hydrogens is 373 g/mol. The van der Waals surface area contributed by atoms with Gasteiger partial charge in [-0.1, -0.05) is 23.7 Å². The molecule has 8 heteroatoms. The van der Waals surface area contributed by atoms with Crippen molar-refractivity contribution in [2.24, 2.45) is 0 Å². The summed E-state index contributed by atoms with van der Waals surface area (Å²) in [6, 6.07) is 9.17. The largest absolute Gasteiger partial charge is 0.497 e. The summed E-state index contributed by atoms with van der Waals surface area (Å²) in [6.45, 7) is 0.229. The van der Waals surface area contributed by atoms with Crippen molar-refractivity contribution >= 4 is 17.5 Å². The van der Waals surface area contributed by atoms with Gasteiger partial charge in [-0.05, 0) is 30.2 Å². The lowest BCUT2D eigenvalue weighted by Gasteiger charge is -2.15. The SMILES string of the molecule is COc1ccc(C2CC(C(=O)NCc3ccc(F)cc3Cl)NN2)c(OC)c1. The van der Waals surface area contributed by atoms with Gasteiger partial charge in [-0.25, -0.2) is 15.2 Å². The monoisotopic (exact) mass is 393 g/mol. The summed E-state index contributed by atoms with van der Waals surface area (Å²) < 4.78 is 23.7. The number of carbonyl (C=O) groups excluding carboxylic acids is 1. The number of carbonyl (C=O) groups is 1. The second-order valence-corrected chi connectivity index (χ2v) is 6.60. The van der Waals surface area contributed by atoms with Gasteiger partial charge in [0.25, 0.3) is 0 Å². The highest BCUT2D eigenvalue weighted by Gasteiger charge is 2.31. The van der Waals surface area contributed by atoms with Gasteiger partial charge in [0.05, 0.1) is 20.3 Å². The van der Waals surface area contributed by atoms with E-state index in [0.29, 0.717) is 23.5 Å². The average Bonchev–Trinajstić information content (AvgIpc) is 3.16. The Morgan fingerprint density at radius 2 is 2.04 bits per heavy atom. The van der Waals surface area contributed by atoms with Gasteiger partial charge in [-0.2, -0.15) is 0 Å². The molecule has 6 nitrogen and oxygen atoms in total. The molecule has 2 unspecified atom stereocenters. The lowest BCUT2D eigenvalue weighted by Crippen LogP contribution is -2.42. The van der Waals surface area contributed by atoms with Crippen molar-refractivity contribution in [3.8, 4) is 11.5 Å². The minimum Gasteiger partial charge on any atom is -0.497 e. The Morgan fingerprint density at radius 1 is 1.22 bits per heavy atom. The second-order valence-electron chi connectivity index (χ2n) is 6.19. The molecule has 0 aliphatic carbocycles. The van der Waals surface area contributed by atoms with E-state index in [1.807, 2.05) is 12.1 Å². The van der Waals surface area contributed by atoms with Crippen LogP contribution in [-0.2, 0) is 11.3 Å². The zero-order chi connectivity index (χ0) is 19.4. The third-order valence-electron chi connectivity index (χ3n) is 4.50. The van der Waals surface area contributed by atoms with Crippen LogP contribution in [0.2, 0.25) is 5.02 Å². The Balaban J connectivity index is 1.61. The normalized spacial score (nSPS) is 19.0. The molecule has 27 heavy (non-hydrogen) atoms. The Bertz CT molecular complexity index is 834. The van der Waals surface area contributed by atoms with Gasteiger partial charge >= 0.3 is 0 Å². The molecule has 0 saturated carbocycles. The summed E-state index contributed by atoms with van der Waals surface area (Å²) in [6.07, 6.45) is 0.547. The molecule has 1 aliphatic heterocycles. The van der Waals surface area contributed by atoms with Crippen LogP contribution in [0.1, 0.15) is 23.6 Å². The highest BCUT2D eigenvalue weighted by molar-refractivity contribution is 6.31. The predicted molar refractivity (Wildman–Crippen MR) is 100 cm³/mol. The minimum absolute atomic E-state index is 0.0870. The molecule has 144 valence electrons. The van der Waals surface area contributed by atoms with Gasteiger partial charge in [0, 0.05) is 23.2 Å². The van der Waals surface area contributed by atoms with Crippen molar-refractivity contribution in [2.75, 3.05) is 14.2 Å². The molecule has 1 saturated heterocycles. The van der Waals surface area contributed by atoms with E-state index in [9.17, 15) is 9.18 Å². The number of hydrogen-bond donors (Lipinski definition) is 3. The van der Waals surface area contributed by atoms with E-state index < -0.39 is 11.9 Å². The topological polar surface area (TPSA) is 71.6 Å². The fraction of sp³-hybridized carbons (Fsp3) is 0.316. The van der Waals surface area contributed by atoms with Crippen molar-refractivity contribution < 1.29 is 18.7 Å². The summed E-state index contributed by atoms with van der Waals surface area (Å²) in [5.74, 6) is 0.811. The van der Waals surface area contributed by atoms with Crippen LogP contribution in [0.25, 0.3) is 0 Å². The highest BCUT2D eigenvalue weighted by atomic mass is 35.5. The smallest absolute Gasteiger partial charge is 0.238 e. The van der Waals surface area contributed by atoms with E-state index in [-0.39, 0.29) is 23.5 Å². The van der Waals surface area contributed by atoms with E-state index in [4.69, 9.17) is 21.1 Å². The highest BCUT2D eigenvalue weighted by Crippen LogP contribution is 2.33. The lowest BCUT2D eigenvalue weighted by molar-refractivity contribution is -0.123. The summed E-state index contributed by atoms with van der Waals surface area (Å²) in [4.78, 5) is 12.4. The first-order valence-corrected chi connectivity index (χ1v) is 8.84. The quantitative estimate of drug-likeness (QED) is 0.704. The first-order chi connectivity index (χ1) is 13.0. The van der Waals surface area contributed by atoms with Crippen LogP contribution in [0.5, 0.6) is 11.5 Å². The van der Waals surface area contributed by atoms with Crippen LogP contribution in [0.15, 0.2) is 36.4 Å². The standard InChI is InChI=1S/C19H21ClFN3O3/c1-26-13-5-6-14(18(8-13)27-2)16-9-17(24-23-16)19(25)22-10-11-3-4-12(21)7-15(11)20/h3-8,16-17,23-24H,9-10H2,1-2H3,(H,22,25). The molecule has 0 spiro atoms. The van der Waals surface area contributed by atoms with Crippen LogP contribution in [0, 0.1) is 5.82 Å². The number of ether oxygens (including phenoxy) is 2. The second kappa shape index (κ2) is 8.56. The summed E-state index contributed by atoms with van der Waals surface area (Å²) in [5.41, 5.74) is 7.72. The fourth-order valence-electron chi connectivity index (χ4n) is 3.01. The molecule has 2 atom stereocenters. The number of benzene rings is 2. The van der Waals surface area contributed by atoms with Crippen molar-refractivity contribution in [1.29, 1.82) is 0 Å². The molecule has 2 aromatic rings. The van der Waals surface area contributed by atoms with Crippen molar-refractivity contribution in [3.63, 3.8) is 0 Å². The van der Waals surface area contributed by atoms with Crippen LogP contribution < -0.4 is 25.6 Å². The van der Waals surface area contributed by atoms with Gasteiger partial charge in [0.1, 0.15) is 23.4 Å². The number of hydrazine groups is 1. The number of methoxy groups -OCH3 is 2. The molecule has 0 aromatic heterocycles. The van der Waals surface area contributed by atoms with Gasteiger partial charge in [-0.3, -0.25) is 4.79 Å². The number of rotatable bonds is 6. The Morgan fingerprint density at radius 3 is 2.74 bits per heavy atom.